The third-order valence-electron chi connectivity index (χ3n) is 2.40. The molecule has 0 bridgehead atoms. The van der Waals surface area contributed by atoms with Gasteiger partial charge in [0.15, 0.2) is 5.78 Å². The first-order valence-electron chi connectivity index (χ1n) is 5.22. The topological polar surface area (TPSA) is 58.6 Å². The molecule has 0 spiro atoms. The number of imidazole rings is 1. The van der Waals surface area contributed by atoms with Crippen molar-refractivity contribution < 1.29 is 4.79 Å². The summed E-state index contributed by atoms with van der Waals surface area (Å²) in [5.74, 6) is 0.756. The number of H-pyrrole nitrogens is 1. The molecule has 2 heterocycles. The standard InChI is InChI=1S/C12H13N3O/c1-3-10(16)11-8(2)14-12(15-11)9-5-4-6-13-7-9/h4-7H,3H2,1-2H3,(H,14,15). The number of aryl methyl sites for hydroxylation is 1. The van der Waals surface area contributed by atoms with Crippen LogP contribution in [0.5, 0.6) is 0 Å². The van der Waals surface area contributed by atoms with Gasteiger partial charge in [-0.2, -0.15) is 0 Å². The van der Waals surface area contributed by atoms with Crippen molar-refractivity contribution in [3.8, 4) is 11.4 Å². The highest BCUT2D eigenvalue weighted by atomic mass is 16.1. The zero-order valence-corrected chi connectivity index (χ0v) is 9.32. The Morgan fingerprint density at radius 2 is 2.31 bits per heavy atom. The van der Waals surface area contributed by atoms with Crippen LogP contribution in [0, 0.1) is 6.92 Å². The molecule has 0 amide bonds. The maximum Gasteiger partial charge on any atom is 0.182 e. The van der Waals surface area contributed by atoms with Crippen molar-refractivity contribution in [2.45, 2.75) is 20.3 Å². The largest absolute Gasteiger partial charge is 0.341 e. The minimum absolute atomic E-state index is 0.0592. The lowest BCUT2D eigenvalue weighted by molar-refractivity contribution is 0.0983. The van der Waals surface area contributed by atoms with Crippen molar-refractivity contribution in [3.05, 3.63) is 35.9 Å². The van der Waals surface area contributed by atoms with Crippen LogP contribution < -0.4 is 0 Å². The molecule has 4 heteroatoms. The van der Waals surface area contributed by atoms with E-state index in [0.29, 0.717) is 17.9 Å². The van der Waals surface area contributed by atoms with E-state index in [2.05, 4.69) is 15.0 Å². The van der Waals surface area contributed by atoms with Gasteiger partial charge in [-0.25, -0.2) is 4.98 Å². The molecule has 0 unspecified atom stereocenters. The van der Waals surface area contributed by atoms with Gasteiger partial charge in [0.25, 0.3) is 0 Å². The number of nitrogens with zero attached hydrogens (tertiary/aromatic N) is 2. The van der Waals surface area contributed by atoms with Crippen LogP contribution in [0.1, 0.15) is 29.5 Å². The minimum atomic E-state index is 0.0592. The summed E-state index contributed by atoms with van der Waals surface area (Å²) in [4.78, 5) is 23.0. The first-order chi connectivity index (χ1) is 7.72. The van der Waals surface area contributed by atoms with E-state index in [9.17, 15) is 4.79 Å². The number of pyridine rings is 1. The summed E-state index contributed by atoms with van der Waals surface area (Å²) in [5.41, 5.74) is 2.23. The van der Waals surface area contributed by atoms with Gasteiger partial charge >= 0.3 is 0 Å². The van der Waals surface area contributed by atoms with Gasteiger partial charge < -0.3 is 4.98 Å². The molecule has 4 nitrogen and oxygen atoms in total. The molecule has 0 aromatic carbocycles. The molecular formula is C12H13N3O. The fraction of sp³-hybridized carbons (Fsp3) is 0.250. The van der Waals surface area contributed by atoms with E-state index in [0.717, 1.165) is 11.3 Å². The van der Waals surface area contributed by atoms with Crippen LogP contribution in [-0.4, -0.2) is 20.7 Å². The van der Waals surface area contributed by atoms with Crippen molar-refractivity contribution in [2.75, 3.05) is 0 Å². The molecule has 2 aromatic rings. The first-order valence-corrected chi connectivity index (χ1v) is 5.22. The highest BCUT2D eigenvalue weighted by molar-refractivity contribution is 5.95. The van der Waals surface area contributed by atoms with Gasteiger partial charge in [0, 0.05) is 30.1 Å². The third kappa shape index (κ3) is 1.86. The average Bonchev–Trinajstić information content (AvgIpc) is 2.71. The number of carbonyl (C=O) groups is 1. The second kappa shape index (κ2) is 4.26. The maximum absolute atomic E-state index is 11.6. The number of hydrogen-bond donors (Lipinski definition) is 1. The molecule has 0 atom stereocenters. The van der Waals surface area contributed by atoms with Crippen molar-refractivity contribution in [1.82, 2.24) is 15.0 Å². The number of carbonyl (C=O) groups excluding carboxylic acids is 1. The number of ketones is 1. The molecule has 16 heavy (non-hydrogen) atoms. The van der Waals surface area contributed by atoms with E-state index in [4.69, 9.17) is 0 Å². The van der Waals surface area contributed by atoms with Gasteiger partial charge in [0.2, 0.25) is 0 Å². The van der Waals surface area contributed by atoms with E-state index in [1.165, 1.54) is 0 Å². The van der Waals surface area contributed by atoms with Crippen LogP contribution in [0.3, 0.4) is 0 Å². The molecule has 0 fully saturated rings. The zero-order valence-electron chi connectivity index (χ0n) is 9.32. The number of nitrogens with one attached hydrogen (secondary N) is 1. The Kier molecular flexibility index (Phi) is 2.81. The van der Waals surface area contributed by atoms with E-state index < -0.39 is 0 Å². The van der Waals surface area contributed by atoms with Crippen LogP contribution in [0.2, 0.25) is 0 Å². The molecule has 2 rings (SSSR count). The Morgan fingerprint density at radius 1 is 1.50 bits per heavy atom. The van der Waals surface area contributed by atoms with Crippen LogP contribution in [0.15, 0.2) is 24.5 Å². The quantitative estimate of drug-likeness (QED) is 0.799. The second-order valence-corrected chi connectivity index (χ2v) is 3.58. The lowest BCUT2D eigenvalue weighted by Crippen LogP contribution is -1.98. The molecule has 1 N–H and O–H groups in total. The molecule has 0 radical (unpaired) electrons. The number of Topliss-reactive ketones (excluding diaryl/α,β-unsaturated/α-hetero) is 1. The van der Waals surface area contributed by atoms with Gasteiger partial charge in [-0.1, -0.05) is 6.92 Å². The molecule has 0 saturated heterocycles. The molecule has 0 aliphatic heterocycles. The van der Waals surface area contributed by atoms with Gasteiger partial charge in [0.05, 0.1) is 0 Å². The summed E-state index contributed by atoms with van der Waals surface area (Å²) in [7, 11) is 0. The van der Waals surface area contributed by atoms with Gasteiger partial charge in [-0.05, 0) is 19.1 Å². The monoisotopic (exact) mass is 215 g/mol. The predicted octanol–water partition coefficient (Wildman–Crippen LogP) is 2.37. The summed E-state index contributed by atoms with van der Waals surface area (Å²) in [5, 5.41) is 0. The Labute approximate surface area is 93.8 Å². The minimum Gasteiger partial charge on any atom is -0.341 e. The molecule has 0 aliphatic rings. The Balaban J connectivity index is 2.42. The van der Waals surface area contributed by atoms with E-state index >= 15 is 0 Å². The third-order valence-corrected chi connectivity index (χ3v) is 2.40. The lowest BCUT2D eigenvalue weighted by atomic mass is 10.2. The summed E-state index contributed by atoms with van der Waals surface area (Å²) in [6.07, 6.45) is 3.90. The highest BCUT2D eigenvalue weighted by Crippen LogP contribution is 2.17. The van der Waals surface area contributed by atoms with Crippen LogP contribution in [0.25, 0.3) is 11.4 Å². The smallest absolute Gasteiger partial charge is 0.182 e. The average molecular weight is 215 g/mol. The molecule has 2 aromatic heterocycles. The Morgan fingerprint density at radius 3 is 2.94 bits per heavy atom. The van der Waals surface area contributed by atoms with Crippen LogP contribution in [-0.2, 0) is 0 Å². The van der Waals surface area contributed by atoms with Crippen molar-refractivity contribution >= 4 is 5.78 Å². The second-order valence-electron chi connectivity index (χ2n) is 3.58. The zero-order chi connectivity index (χ0) is 11.5. The van der Waals surface area contributed by atoms with E-state index in [-0.39, 0.29) is 5.78 Å². The summed E-state index contributed by atoms with van der Waals surface area (Å²) in [6.45, 7) is 3.69. The van der Waals surface area contributed by atoms with E-state index in [1.807, 2.05) is 26.0 Å². The van der Waals surface area contributed by atoms with Crippen molar-refractivity contribution in [1.29, 1.82) is 0 Å². The molecular weight excluding hydrogens is 202 g/mol. The van der Waals surface area contributed by atoms with Crippen LogP contribution >= 0.6 is 0 Å². The SMILES string of the molecule is CCC(=O)c1nc(-c2cccnc2)[nH]c1C. The van der Waals surface area contributed by atoms with Crippen molar-refractivity contribution in [3.63, 3.8) is 0 Å². The summed E-state index contributed by atoms with van der Waals surface area (Å²) in [6, 6.07) is 3.75. The Hall–Kier alpha value is -1.97. The van der Waals surface area contributed by atoms with Gasteiger partial charge in [0.1, 0.15) is 11.5 Å². The summed E-state index contributed by atoms with van der Waals surface area (Å²) >= 11 is 0. The highest BCUT2D eigenvalue weighted by Gasteiger charge is 2.13. The first kappa shape index (κ1) is 10.5. The number of hydrogen-bond acceptors (Lipinski definition) is 3. The van der Waals surface area contributed by atoms with Gasteiger partial charge in [-0.3, -0.25) is 9.78 Å². The summed E-state index contributed by atoms with van der Waals surface area (Å²) < 4.78 is 0. The molecule has 82 valence electrons. The fourth-order valence-corrected chi connectivity index (χ4v) is 1.54. The fourth-order valence-electron chi connectivity index (χ4n) is 1.54. The van der Waals surface area contributed by atoms with Gasteiger partial charge in [-0.15, -0.1) is 0 Å². The number of aromatic nitrogens is 3. The Bertz CT molecular complexity index is 502. The normalized spacial score (nSPS) is 10.4. The van der Waals surface area contributed by atoms with E-state index in [1.54, 1.807) is 12.4 Å². The lowest BCUT2D eigenvalue weighted by Gasteiger charge is -1.93. The predicted molar refractivity (Wildman–Crippen MR) is 61.2 cm³/mol. The molecule has 0 aliphatic carbocycles. The number of aromatic amines is 1. The maximum atomic E-state index is 11.6. The van der Waals surface area contributed by atoms with Crippen LogP contribution in [0.4, 0.5) is 0 Å². The van der Waals surface area contributed by atoms with Crippen molar-refractivity contribution in [2.24, 2.45) is 0 Å². The number of rotatable bonds is 3. The molecule has 0 saturated carbocycles.